The molecule has 0 spiro atoms. The van der Waals surface area contributed by atoms with Crippen LogP contribution in [0.3, 0.4) is 0 Å². The van der Waals surface area contributed by atoms with Gasteiger partial charge in [0.1, 0.15) is 0 Å². The molecule has 1 saturated heterocycles. The molecule has 1 unspecified atom stereocenters. The number of hydrogen-bond donors (Lipinski definition) is 2. The highest BCUT2D eigenvalue weighted by Crippen LogP contribution is 2.11. The van der Waals surface area contributed by atoms with Gasteiger partial charge in [0.25, 0.3) is 0 Å². The third-order valence-corrected chi connectivity index (χ3v) is 3.26. The van der Waals surface area contributed by atoms with Crippen molar-refractivity contribution in [3.8, 4) is 0 Å². The maximum Gasteiger partial charge on any atom is 0.338 e. The van der Waals surface area contributed by atoms with Crippen molar-refractivity contribution < 1.29 is 9.53 Å². The molecule has 1 aliphatic rings. The van der Waals surface area contributed by atoms with Crippen molar-refractivity contribution >= 4 is 24.1 Å². The summed E-state index contributed by atoms with van der Waals surface area (Å²) in [6, 6.07) is 7.30. The fourth-order valence-corrected chi connectivity index (χ4v) is 2.17. The minimum absolute atomic E-state index is 0. The Morgan fingerprint density at radius 2 is 2.05 bits per heavy atom. The summed E-state index contributed by atoms with van der Waals surface area (Å²) in [7, 11) is 0. The van der Waals surface area contributed by atoms with Crippen LogP contribution in [-0.2, 0) is 4.74 Å². The van der Waals surface area contributed by atoms with Crippen LogP contribution in [0.2, 0.25) is 0 Å². The third-order valence-electron chi connectivity index (χ3n) is 3.26. The molecular weight excluding hydrogens is 264 g/mol. The minimum atomic E-state index is -0.272. The maximum atomic E-state index is 11.7. The van der Waals surface area contributed by atoms with Crippen LogP contribution in [0, 0.1) is 0 Å². The Morgan fingerprint density at radius 1 is 1.32 bits per heavy atom. The minimum Gasteiger partial charge on any atom is -0.462 e. The summed E-state index contributed by atoms with van der Waals surface area (Å²) >= 11 is 0. The molecule has 106 valence electrons. The number of hydrogen-bond acceptors (Lipinski definition) is 4. The van der Waals surface area contributed by atoms with Crippen LogP contribution in [0.4, 0.5) is 5.69 Å². The van der Waals surface area contributed by atoms with Crippen molar-refractivity contribution in [2.75, 3.05) is 18.9 Å². The second kappa shape index (κ2) is 8.02. The number of benzene rings is 1. The maximum absolute atomic E-state index is 11.7. The van der Waals surface area contributed by atoms with E-state index in [-0.39, 0.29) is 18.4 Å². The van der Waals surface area contributed by atoms with E-state index in [0.29, 0.717) is 23.9 Å². The van der Waals surface area contributed by atoms with Crippen molar-refractivity contribution in [3.05, 3.63) is 29.8 Å². The van der Waals surface area contributed by atoms with Gasteiger partial charge in [-0.1, -0.05) is 6.42 Å². The molecule has 1 aromatic carbocycles. The Labute approximate surface area is 120 Å². The molecule has 1 atom stereocenters. The Hall–Kier alpha value is -1.26. The van der Waals surface area contributed by atoms with E-state index in [1.165, 1.54) is 19.3 Å². The topological polar surface area (TPSA) is 64.4 Å². The highest BCUT2D eigenvalue weighted by Gasteiger charge is 2.13. The van der Waals surface area contributed by atoms with Gasteiger partial charge >= 0.3 is 5.97 Å². The van der Waals surface area contributed by atoms with Crippen molar-refractivity contribution in [2.24, 2.45) is 0 Å². The standard InChI is InChI=1S/C14H20N2O2.ClH/c15-12-6-4-11(5-7-12)14(17)18-10-8-13-3-1-2-9-16-13;/h4-7,13,16H,1-3,8-10,15H2;1H. The number of carbonyl (C=O) groups excluding carboxylic acids is 1. The van der Waals surface area contributed by atoms with E-state index in [0.717, 1.165) is 13.0 Å². The molecule has 1 heterocycles. The summed E-state index contributed by atoms with van der Waals surface area (Å²) in [4.78, 5) is 11.7. The average Bonchev–Trinajstić information content (AvgIpc) is 2.40. The van der Waals surface area contributed by atoms with Crippen LogP contribution in [0.5, 0.6) is 0 Å². The zero-order chi connectivity index (χ0) is 12.8. The van der Waals surface area contributed by atoms with Gasteiger partial charge in [-0.25, -0.2) is 4.79 Å². The molecule has 1 aromatic rings. The Bertz CT molecular complexity index is 389. The van der Waals surface area contributed by atoms with Crippen molar-refractivity contribution in [2.45, 2.75) is 31.7 Å². The number of rotatable bonds is 4. The molecule has 19 heavy (non-hydrogen) atoms. The van der Waals surface area contributed by atoms with E-state index < -0.39 is 0 Å². The molecule has 3 N–H and O–H groups in total. The first-order chi connectivity index (χ1) is 8.75. The van der Waals surface area contributed by atoms with Crippen LogP contribution in [0.15, 0.2) is 24.3 Å². The van der Waals surface area contributed by atoms with Gasteiger partial charge in [0, 0.05) is 11.7 Å². The zero-order valence-electron chi connectivity index (χ0n) is 10.9. The van der Waals surface area contributed by atoms with Gasteiger partial charge in [-0.05, 0) is 50.1 Å². The number of halogens is 1. The highest BCUT2D eigenvalue weighted by molar-refractivity contribution is 5.89. The largest absolute Gasteiger partial charge is 0.462 e. The number of esters is 1. The fourth-order valence-electron chi connectivity index (χ4n) is 2.17. The van der Waals surface area contributed by atoms with Crippen LogP contribution in [0.1, 0.15) is 36.0 Å². The molecule has 2 rings (SSSR count). The third kappa shape index (κ3) is 5.09. The monoisotopic (exact) mass is 284 g/mol. The van der Waals surface area contributed by atoms with Crippen LogP contribution in [0.25, 0.3) is 0 Å². The smallest absolute Gasteiger partial charge is 0.338 e. The van der Waals surface area contributed by atoms with Crippen LogP contribution in [-0.4, -0.2) is 25.2 Å². The number of nitrogens with one attached hydrogen (secondary N) is 1. The highest BCUT2D eigenvalue weighted by atomic mass is 35.5. The molecule has 0 bridgehead atoms. The lowest BCUT2D eigenvalue weighted by Gasteiger charge is -2.23. The quantitative estimate of drug-likeness (QED) is 0.658. The summed E-state index contributed by atoms with van der Waals surface area (Å²) in [6.45, 7) is 1.55. The molecule has 0 amide bonds. The Balaban J connectivity index is 0.00000180. The van der Waals surface area contributed by atoms with Crippen LogP contribution < -0.4 is 11.1 Å². The number of nitrogens with two attached hydrogens (primary N) is 1. The molecule has 4 nitrogen and oxygen atoms in total. The fraction of sp³-hybridized carbons (Fsp3) is 0.500. The summed E-state index contributed by atoms with van der Waals surface area (Å²) < 4.78 is 5.25. The summed E-state index contributed by atoms with van der Waals surface area (Å²) in [5, 5.41) is 3.43. The van der Waals surface area contributed by atoms with Gasteiger partial charge in [-0.2, -0.15) is 0 Å². The van der Waals surface area contributed by atoms with E-state index in [4.69, 9.17) is 10.5 Å². The summed E-state index contributed by atoms with van der Waals surface area (Å²) in [5.41, 5.74) is 6.77. The number of nitrogen functional groups attached to an aromatic ring is 1. The number of ether oxygens (including phenoxy) is 1. The molecule has 0 aromatic heterocycles. The number of anilines is 1. The second-order valence-corrected chi connectivity index (χ2v) is 4.69. The van der Waals surface area contributed by atoms with Crippen molar-refractivity contribution in [1.29, 1.82) is 0 Å². The van der Waals surface area contributed by atoms with E-state index >= 15 is 0 Å². The van der Waals surface area contributed by atoms with Gasteiger partial charge in [0.05, 0.1) is 12.2 Å². The molecule has 0 aliphatic carbocycles. The van der Waals surface area contributed by atoms with Crippen LogP contribution >= 0.6 is 12.4 Å². The molecule has 1 aliphatic heterocycles. The predicted octanol–water partition coefficient (Wildman–Crippen LogP) is 2.38. The first kappa shape index (κ1) is 15.8. The van der Waals surface area contributed by atoms with Crippen molar-refractivity contribution in [1.82, 2.24) is 5.32 Å². The Morgan fingerprint density at radius 3 is 2.68 bits per heavy atom. The number of carbonyl (C=O) groups is 1. The van der Waals surface area contributed by atoms with Crippen molar-refractivity contribution in [3.63, 3.8) is 0 Å². The van der Waals surface area contributed by atoms with Gasteiger partial charge in [0.2, 0.25) is 0 Å². The van der Waals surface area contributed by atoms with Gasteiger partial charge in [-0.15, -0.1) is 12.4 Å². The van der Waals surface area contributed by atoms with E-state index in [9.17, 15) is 4.79 Å². The van der Waals surface area contributed by atoms with Gasteiger partial charge < -0.3 is 15.8 Å². The molecule has 0 saturated carbocycles. The summed E-state index contributed by atoms with van der Waals surface area (Å²) in [6.07, 6.45) is 4.59. The summed E-state index contributed by atoms with van der Waals surface area (Å²) in [5.74, 6) is -0.272. The second-order valence-electron chi connectivity index (χ2n) is 4.69. The SMILES string of the molecule is Cl.Nc1ccc(C(=O)OCCC2CCCCN2)cc1. The molecule has 5 heteroatoms. The Kier molecular flexibility index (Phi) is 6.67. The molecular formula is C14H21ClN2O2. The molecule has 1 fully saturated rings. The van der Waals surface area contributed by atoms with Gasteiger partial charge in [-0.3, -0.25) is 0 Å². The van der Waals surface area contributed by atoms with E-state index in [1.807, 2.05) is 0 Å². The average molecular weight is 285 g/mol. The lowest BCUT2D eigenvalue weighted by Crippen LogP contribution is -2.35. The van der Waals surface area contributed by atoms with E-state index in [2.05, 4.69) is 5.32 Å². The number of piperidine rings is 1. The molecule has 0 radical (unpaired) electrons. The first-order valence-electron chi connectivity index (χ1n) is 6.52. The lowest BCUT2D eigenvalue weighted by atomic mass is 10.0. The lowest BCUT2D eigenvalue weighted by molar-refractivity contribution is 0.0486. The van der Waals surface area contributed by atoms with Gasteiger partial charge in [0.15, 0.2) is 0 Å². The first-order valence-corrected chi connectivity index (χ1v) is 6.52. The normalized spacial score (nSPS) is 18.4. The predicted molar refractivity (Wildman–Crippen MR) is 78.6 cm³/mol. The van der Waals surface area contributed by atoms with E-state index in [1.54, 1.807) is 24.3 Å². The zero-order valence-corrected chi connectivity index (χ0v) is 11.7.